The topological polar surface area (TPSA) is 67.6 Å². The van der Waals surface area contributed by atoms with Crippen molar-refractivity contribution in [2.45, 2.75) is 25.9 Å². The summed E-state index contributed by atoms with van der Waals surface area (Å²) >= 11 is 0. The summed E-state index contributed by atoms with van der Waals surface area (Å²) in [5.74, 6) is -3.17. The van der Waals surface area contributed by atoms with Crippen LogP contribution in [-0.2, 0) is 13.0 Å². The molecule has 1 aliphatic rings. The SMILES string of the molecule is COc1cccc(-c2onc3c2CN(C(=O)Nc2cc(F)c(F)c(F)c2)C(C)C3)c1. The molecule has 0 spiro atoms. The molecule has 0 bridgehead atoms. The Balaban J connectivity index is 1.60. The number of nitrogens with one attached hydrogen (secondary N) is 1. The fraction of sp³-hybridized carbons (Fsp3) is 0.238. The van der Waals surface area contributed by atoms with Gasteiger partial charge in [0.1, 0.15) is 5.75 Å². The van der Waals surface area contributed by atoms with Gasteiger partial charge in [-0.25, -0.2) is 18.0 Å². The molecule has 2 amide bonds. The first-order valence-electron chi connectivity index (χ1n) is 9.21. The minimum Gasteiger partial charge on any atom is -0.497 e. The van der Waals surface area contributed by atoms with E-state index in [4.69, 9.17) is 9.26 Å². The lowest BCUT2D eigenvalue weighted by atomic mass is 9.97. The van der Waals surface area contributed by atoms with Crippen molar-refractivity contribution in [3.8, 4) is 17.1 Å². The number of nitrogens with zero attached hydrogens (tertiary/aromatic N) is 2. The van der Waals surface area contributed by atoms with Crippen LogP contribution in [0, 0.1) is 17.5 Å². The second-order valence-corrected chi connectivity index (χ2v) is 7.03. The number of ether oxygens (including phenoxy) is 1. The van der Waals surface area contributed by atoms with Gasteiger partial charge in [0.05, 0.1) is 19.3 Å². The van der Waals surface area contributed by atoms with Crippen LogP contribution in [0.15, 0.2) is 40.9 Å². The van der Waals surface area contributed by atoms with E-state index in [9.17, 15) is 18.0 Å². The van der Waals surface area contributed by atoms with Crippen molar-refractivity contribution < 1.29 is 27.2 Å². The van der Waals surface area contributed by atoms with Crippen molar-refractivity contribution in [3.63, 3.8) is 0 Å². The molecule has 30 heavy (non-hydrogen) atoms. The average Bonchev–Trinajstić information content (AvgIpc) is 3.14. The molecule has 3 aromatic rings. The van der Waals surface area contributed by atoms with Gasteiger partial charge in [-0.15, -0.1) is 0 Å². The third kappa shape index (κ3) is 3.58. The van der Waals surface area contributed by atoms with Gasteiger partial charge >= 0.3 is 6.03 Å². The lowest BCUT2D eigenvalue weighted by Gasteiger charge is -2.32. The number of halogens is 3. The van der Waals surface area contributed by atoms with Crippen LogP contribution >= 0.6 is 0 Å². The molecule has 0 saturated heterocycles. The maximum absolute atomic E-state index is 13.5. The highest BCUT2D eigenvalue weighted by Gasteiger charge is 2.32. The number of urea groups is 1. The Bertz CT molecular complexity index is 1090. The summed E-state index contributed by atoms with van der Waals surface area (Å²) in [5.41, 5.74) is 2.06. The molecule has 0 saturated carbocycles. The zero-order valence-electron chi connectivity index (χ0n) is 16.2. The van der Waals surface area contributed by atoms with Crippen LogP contribution in [0.2, 0.25) is 0 Å². The Morgan fingerprint density at radius 2 is 1.97 bits per heavy atom. The van der Waals surface area contributed by atoms with Crippen LogP contribution in [0.5, 0.6) is 5.75 Å². The Labute approximate surface area is 170 Å². The van der Waals surface area contributed by atoms with Gasteiger partial charge < -0.3 is 19.5 Å². The van der Waals surface area contributed by atoms with Gasteiger partial charge in [-0.05, 0) is 19.1 Å². The number of carbonyl (C=O) groups is 1. The van der Waals surface area contributed by atoms with E-state index >= 15 is 0 Å². The van der Waals surface area contributed by atoms with Crippen LogP contribution in [-0.4, -0.2) is 29.2 Å². The van der Waals surface area contributed by atoms with Crippen LogP contribution in [0.3, 0.4) is 0 Å². The van der Waals surface area contributed by atoms with E-state index in [1.54, 1.807) is 19.2 Å². The van der Waals surface area contributed by atoms with E-state index in [1.807, 2.05) is 19.1 Å². The maximum Gasteiger partial charge on any atom is 0.322 e. The molecule has 0 fully saturated rings. The molecule has 2 heterocycles. The summed E-state index contributed by atoms with van der Waals surface area (Å²) < 4.78 is 50.8. The Kier molecular flexibility index (Phi) is 5.11. The van der Waals surface area contributed by atoms with Gasteiger partial charge in [-0.1, -0.05) is 17.3 Å². The minimum absolute atomic E-state index is 0.173. The van der Waals surface area contributed by atoms with Crippen LogP contribution < -0.4 is 10.1 Å². The molecule has 6 nitrogen and oxygen atoms in total. The van der Waals surface area contributed by atoms with E-state index in [0.29, 0.717) is 17.9 Å². The first-order valence-corrected chi connectivity index (χ1v) is 9.21. The predicted octanol–water partition coefficient (Wildman–Crippen LogP) is 4.75. The number of methoxy groups -OCH3 is 1. The average molecular weight is 417 g/mol. The van der Waals surface area contributed by atoms with Crippen LogP contribution in [0.4, 0.5) is 23.7 Å². The van der Waals surface area contributed by atoms with Crippen molar-refractivity contribution in [2.75, 3.05) is 12.4 Å². The number of fused-ring (bicyclic) bond motifs is 1. The summed E-state index contributed by atoms with van der Waals surface area (Å²) in [6.45, 7) is 2.01. The fourth-order valence-electron chi connectivity index (χ4n) is 3.47. The predicted molar refractivity (Wildman–Crippen MR) is 103 cm³/mol. The molecular weight excluding hydrogens is 399 g/mol. The van der Waals surface area contributed by atoms with Gasteiger partial charge in [0, 0.05) is 41.4 Å². The number of amides is 2. The lowest BCUT2D eigenvalue weighted by Crippen LogP contribution is -2.44. The van der Waals surface area contributed by atoms with Crippen molar-refractivity contribution >= 4 is 11.7 Å². The Hall–Kier alpha value is -3.49. The van der Waals surface area contributed by atoms with E-state index in [0.717, 1.165) is 29.0 Å². The quantitative estimate of drug-likeness (QED) is 0.625. The Morgan fingerprint density at radius 1 is 1.23 bits per heavy atom. The number of rotatable bonds is 3. The molecule has 4 rings (SSSR count). The molecule has 1 aromatic heterocycles. The molecule has 1 aliphatic heterocycles. The largest absolute Gasteiger partial charge is 0.497 e. The van der Waals surface area contributed by atoms with Crippen molar-refractivity contribution in [2.24, 2.45) is 0 Å². The van der Waals surface area contributed by atoms with Gasteiger partial charge in [-0.3, -0.25) is 0 Å². The van der Waals surface area contributed by atoms with Crippen molar-refractivity contribution in [1.82, 2.24) is 10.1 Å². The zero-order chi connectivity index (χ0) is 21.4. The molecule has 0 aliphatic carbocycles. The summed E-state index contributed by atoms with van der Waals surface area (Å²) in [6.07, 6.45) is 0.447. The summed E-state index contributed by atoms with van der Waals surface area (Å²) in [7, 11) is 1.56. The first-order chi connectivity index (χ1) is 14.4. The van der Waals surface area contributed by atoms with Gasteiger partial charge in [0.15, 0.2) is 23.2 Å². The standard InChI is InChI=1S/C21H18F3N3O3/c1-11-6-18-15(20(30-26-18)12-4-3-5-14(7-12)29-2)10-27(11)21(28)25-13-8-16(22)19(24)17(23)9-13/h3-5,7-9,11H,6,10H2,1-2H3,(H,25,28). The number of anilines is 1. The summed E-state index contributed by atoms with van der Waals surface area (Å²) in [6, 6.07) is 7.91. The van der Waals surface area contributed by atoms with Crippen LogP contribution in [0.25, 0.3) is 11.3 Å². The minimum atomic E-state index is -1.59. The molecule has 2 aromatic carbocycles. The number of aromatic nitrogens is 1. The van der Waals surface area contributed by atoms with E-state index < -0.39 is 23.5 Å². The zero-order valence-corrected chi connectivity index (χ0v) is 16.2. The molecule has 156 valence electrons. The molecule has 0 radical (unpaired) electrons. The number of benzene rings is 2. The lowest BCUT2D eigenvalue weighted by molar-refractivity contribution is 0.182. The molecule has 1 N–H and O–H groups in total. The maximum atomic E-state index is 13.5. The molecule has 9 heteroatoms. The van der Waals surface area contributed by atoms with E-state index in [1.165, 1.54) is 4.90 Å². The van der Waals surface area contributed by atoms with E-state index in [-0.39, 0.29) is 18.3 Å². The Morgan fingerprint density at radius 3 is 2.67 bits per heavy atom. The van der Waals surface area contributed by atoms with Crippen LogP contribution in [0.1, 0.15) is 18.2 Å². The number of carbonyl (C=O) groups excluding carboxylic acids is 1. The van der Waals surface area contributed by atoms with E-state index in [2.05, 4.69) is 10.5 Å². The van der Waals surface area contributed by atoms with Crippen molar-refractivity contribution in [1.29, 1.82) is 0 Å². The highest BCUT2D eigenvalue weighted by molar-refractivity contribution is 5.90. The molecule has 1 unspecified atom stereocenters. The summed E-state index contributed by atoms with van der Waals surface area (Å²) in [5, 5.41) is 6.56. The number of hydrogen-bond donors (Lipinski definition) is 1. The number of hydrogen-bond acceptors (Lipinski definition) is 4. The van der Waals surface area contributed by atoms with Gasteiger partial charge in [0.2, 0.25) is 0 Å². The highest BCUT2D eigenvalue weighted by atomic mass is 19.2. The second kappa shape index (κ2) is 7.74. The molecular formula is C21H18F3N3O3. The second-order valence-electron chi connectivity index (χ2n) is 7.03. The third-order valence-electron chi connectivity index (χ3n) is 5.05. The monoisotopic (exact) mass is 417 g/mol. The fourth-order valence-corrected chi connectivity index (χ4v) is 3.47. The van der Waals surface area contributed by atoms with Gasteiger partial charge in [0.25, 0.3) is 0 Å². The smallest absolute Gasteiger partial charge is 0.322 e. The third-order valence-corrected chi connectivity index (χ3v) is 5.05. The molecule has 1 atom stereocenters. The normalized spacial score (nSPS) is 15.6. The highest BCUT2D eigenvalue weighted by Crippen LogP contribution is 2.34. The summed E-state index contributed by atoms with van der Waals surface area (Å²) in [4.78, 5) is 14.3. The van der Waals surface area contributed by atoms with Gasteiger partial charge in [-0.2, -0.15) is 0 Å². The van der Waals surface area contributed by atoms with Crippen molar-refractivity contribution in [3.05, 3.63) is 65.1 Å². The first kappa shape index (κ1) is 19.8.